The Bertz CT molecular complexity index is 429. The Balaban J connectivity index is 0.00000220. The fourth-order valence-electron chi connectivity index (χ4n) is 2.28. The van der Waals surface area contributed by atoms with Crippen molar-refractivity contribution in [2.45, 2.75) is 38.8 Å². The number of nitrogens with one attached hydrogen (secondary N) is 2. The standard InChI is InChI=1S/C14H25N5O.HI/c1-3-15-14(16-8-7-13-5-4-10-20-13)17-11-12-6-9-18-19(12)2;/h6,9,13H,3-5,7-8,10-11H2,1-2H3,(H2,15,16,17);1H. The van der Waals surface area contributed by atoms with E-state index in [1.165, 1.54) is 12.8 Å². The third-order valence-corrected chi connectivity index (χ3v) is 3.45. The van der Waals surface area contributed by atoms with Crippen LogP contribution in [0.4, 0.5) is 0 Å². The predicted molar refractivity (Wildman–Crippen MR) is 95.0 cm³/mol. The van der Waals surface area contributed by atoms with Crippen LogP contribution in [0, 0.1) is 0 Å². The molecule has 2 heterocycles. The molecule has 1 aliphatic rings. The maximum absolute atomic E-state index is 5.62. The van der Waals surface area contributed by atoms with E-state index in [4.69, 9.17) is 4.74 Å². The summed E-state index contributed by atoms with van der Waals surface area (Å²) in [4.78, 5) is 4.57. The van der Waals surface area contributed by atoms with Gasteiger partial charge in [-0.25, -0.2) is 4.99 Å². The quantitative estimate of drug-likeness (QED) is 0.428. The maximum atomic E-state index is 5.62. The normalized spacial score (nSPS) is 18.4. The summed E-state index contributed by atoms with van der Waals surface area (Å²) in [7, 11) is 1.93. The second kappa shape index (κ2) is 9.99. The molecule has 0 saturated carbocycles. The topological polar surface area (TPSA) is 63.5 Å². The Morgan fingerprint density at radius 3 is 3.00 bits per heavy atom. The van der Waals surface area contributed by atoms with E-state index in [1.54, 1.807) is 6.20 Å². The van der Waals surface area contributed by atoms with Crippen LogP contribution in [0.15, 0.2) is 17.3 Å². The number of aliphatic imine (C=N–C) groups is 1. The second-order valence-corrected chi connectivity index (χ2v) is 4.99. The molecule has 0 amide bonds. The fraction of sp³-hybridized carbons (Fsp3) is 0.714. The molecular formula is C14H26IN5O. The van der Waals surface area contributed by atoms with E-state index in [0.717, 1.165) is 37.8 Å². The molecule has 0 aromatic carbocycles. The molecule has 1 fully saturated rings. The Hall–Kier alpha value is -0.830. The van der Waals surface area contributed by atoms with Gasteiger partial charge in [-0.2, -0.15) is 5.10 Å². The summed E-state index contributed by atoms with van der Waals surface area (Å²) in [6, 6.07) is 1.99. The number of guanidine groups is 1. The number of hydrogen-bond acceptors (Lipinski definition) is 3. The zero-order chi connectivity index (χ0) is 14.2. The lowest BCUT2D eigenvalue weighted by Gasteiger charge is -2.13. The molecule has 0 spiro atoms. The van der Waals surface area contributed by atoms with Crippen molar-refractivity contribution in [3.63, 3.8) is 0 Å². The largest absolute Gasteiger partial charge is 0.378 e. The van der Waals surface area contributed by atoms with Gasteiger partial charge in [0.25, 0.3) is 0 Å². The number of rotatable bonds is 6. The van der Waals surface area contributed by atoms with Gasteiger partial charge in [0.1, 0.15) is 0 Å². The van der Waals surface area contributed by atoms with Crippen molar-refractivity contribution in [1.82, 2.24) is 20.4 Å². The highest BCUT2D eigenvalue weighted by molar-refractivity contribution is 14.0. The average Bonchev–Trinajstić information content (AvgIpc) is 3.08. The van der Waals surface area contributed by atoms with Crippen molar-refractivity contribution in [2.24, 2.45) is 12.0 Å². The molecule has 1 saturated heterocycles. The van der Waals surface area contributed by atoms with Crippen LogP contribution in [-0.2, 0) is 18.3 Å². The first-order valence-electron chi connectivity index (χ1n) is 7.40. The minimum atomic E-state index is 0. The third-order valence-electron chi connectivity index (χ3n) is 3.45. The first kappa shape index (κ1) is 18.2. The van der Waals surface area contributed by atoms with Gasteiger partial charge in [0.2, 0.25) is 0 Å². The summed E-state index contributed by atoms with van der Waals surface area (Å²) in [6.45, 7) is 5.37. The van der Waals surface area contributed by atoms with Gasteiger partial charge in [-0.05, 0) is 32.3 Å². The van der Waals surface area contributed by atoms with E-state index in [1.807, 2.05) is 17.8 Å². The van der Waals surface area contributed by atoms with E-state index in [2.05, 4.69) is 27.6 Å². The number of aromatic nitrogens is 2. The smallest absolute Gasteiger partial charge is 0.191 e. The van der Waals surface area contributed by atoms with Crippen LogP contribution in [-0.4, -0.2) is 41.5 Å². The predicted octanol–water partition coefficient (Wildman–Crippen LogP) is 1.66. The van der Waals surface area contributed by atoms with Crippen LogP contribution >= 0.6 is 24.0 Å². The van der Waals surface area contributed by atoms with E-state index in [0.29, 0.717) is 12.6 Å². The number of ether oxygens (including phenoxy) is 1. The molecule has 0 aliphatic carbocycles. The van der Waals surface area contributed by atoms with Crippen LogP contribution < -0.4 is 10.6 Å². The van der Waals surface area contributed by atoms with Crippen molar-refractivity contribution in [2.75, 3.05) is 19.7 Å². The number of hydrogen-bond donors (Lipinski definition) is 2. The molecule has 6 nitrogen and oxygen atoms in total. The highest BCUT2D eigenvalue weighted by Crippen LogP contribution is 2.14. The first-order chi connectivity index (χ1) is 9.79. The van der Waals surface area contributed by atoms with E-state index >= 15 is 0 Å². The molecule has 1 unspecified atom stereocenters. The van der Waals surface area contributed by atoms with Gasteiger partial charge in [-0.15, -0.1) is 24.0 Å². The minimum absolute atomic E-state index is 0. The van der Waals surface area contributed by atoms with Crippen molar-refractivity contribution >= 4 is 29.9 Å². The summed E-state index contributed by atoms with van der Waals surface area (Å²) < 4.78 is 7.46. The molecule has 2 N–H and O–H groups in total. The Labute approximate surface area is 143 Å². The summed E-state index contributed by atoms with van der Waals surface area (Å²) in [5.74, 6) is 0.853. The lowest BCUT2D eigenvalue weighted by molar-refractivity contribution is 0.105. The van der Waals surface area contributed by atoms with Crippen LogP contribution in [0.1, 0.15) is 31.9 Å². The molecule has 1 aromatic rings. The Morgan fingerprint density at radius 1 is 1.52 bits per heavy atom. The maximum Gasteiger partial charge on any atom is 0.191 e. The SMILES string of the molecule is CCNC(=NCc1ccnn1C)NCCC1CCCO1.I. The highest BCUT2D eigenvalue weighted by atomic mass is 127. The van der Waals surface area contributed by atoms with E-state index < -0.39 is 0 Å². The highest BCUT2D eigenvalue weighted by Gasteiger charge is 2.14. The third kappa shape index (κ3) is 6.21. The van der Waals surface area contributed by atoms with Crippen LogP contribution in [0.25, 0.3) is 0 Å². The molecule has 0 radical (unpaired) electrons. The fourth-order valence-corrected chi connectivity index (χ4v) is 2.28. The lowest BCUT2D eigenvalue weighted by Crippen LogP contribution is -2.38. The van der Waals surface area contributed by atoms with Gasteiger partial charge in [-0.1, -0.05) is 0 Å². The monoisotopic (exact) mass is 407 g/mol. The average molecular weight is 407 g/mol. The van der Waals surface area contributed by atoms with Crippen LogP contribution in [0.5, 0.6) is 0 Å². The molecule has 7 heteroatoms. The van der Waals surface area contributed by atoms with Crippen molar-refractivity contribution in [3.8, 4) is 0 Å². The number of halogens is 1. The van der Waals surface area contributed by atoms with Crippen molar-refractivity contribution in [3.05, 3.63) is 18.0 Å². The van der Waals surface area contributed by atoms with Gasteiger partial charge in [0.05, 0.1) is 18.3 Å². The van der Waals surface area contributed by atoms with Crippen molar-refractivity contribution < 1.29 is 4.74 Å². The number of aryl methyl sites for hydroxylation is 1. The van der Waals surface area contributed by atoms with Gasteiger partial charge < -0.3 is 15.4 Å². The molecule has 1 atom stereocenters. The van der Waals surface area contributed by atoms with Gasteiger partial charge >= 0.3 is 0 Å². The zero-order valence-corrected chi connectivity index (χ0v) is 15.2. The lowest BCUT2D eigenvalue weighted by atomic mass is 10.2. The molecular weight excluding hydrogens is 381 g/mol. The minimum Gasteiger partial charge on any atom is -0.378 e. The van der Waals surface area contributed by atoms with Crippen LogP contribution in [0.2, 0.25) is 0 Å². The molecule has 1 aliphatic heterocycles. The molecule has 21 heavy (non-hydrogen) atoms. The molecule has 1 aromatic heterocycles. The summed E-state index contributed by atoms with van der Waals surface area (Å²) in [6.07, 6.45) is 5.63. The second-order valence-electron chi connectivity index (χ2n) is 4.99. The summed E-state index contributed by atoms with van der Waals surface area (Å²) in [5.41, 5.74) is 1.10. The van der Waals surface area contributed by atoms with E-state index in [-0.39, 0.29) is 24.0 Å². The first-order valence-corrected chi connectivity index (χ1v) is 7.40. The van der Waals surface area contributed by atoms with Gasteiger partial charge in [0, 0.05) is 32.9 Å². The van der Waals surface area contributed by atoms with Crippen LogP contribution in [0.3, 0.4) is 0 Å². The van der Waals surface area contributed by atoms with Gasteiger partial charge in [0.15, 0.2) is 5.96 Å². The Kier molecular flexibility index (Phi) is 8.67. The van der Waals surface area contributed by atoms with Gasteiger partial charge in [-0.3, -0.25) is 4.68 Å². The molecule has 0 bridgehead atoms. The zero-order valence-electron chi connectivity index (χ0n) is 12.8. The summed E-state index contributed by atoms with van der Waals surface area (Å²) >= 11 is 0. The van der Waals surface area contributed by atoms with Crippen molar-refractivity contribution in [1.29, 1.82) is 0 Å². The summed E-state index contributed by atoms with van der Waals surface area (Å²) in [5, 5.41) is 10.8. The Morgan fingerprint density at radius 2 is 2.38 bits per heavy atom. The molecule has 120 valence electrons. The van der Waals surface area contributed by atoms with E-state index in [9.17, 15) is 0 Å². The number of nitrogens with zero attached hydrogens (tertiary/aromatic N) is 3. The molecule has 2 rings (SSSR count).